The van der Waals surface area contributed by atoms with Crippen molar-refractivity contribution < 1.29 is 14.4 Å². The van der Waals surface area contributed by atoms with Gasteiger partial charge in [-0.3, -0.25) is 4.84 Å². The molecule has 4 nitrogen and oxygen atoms in total. The van der Waals surface area contributed by atoms with E-state index >= 15 is 0 Å². The van der Waals surface area contributed by atoms with Gasteiger partial charge >= 0.3 is 6.09 Å². The van der Waals surface area contributed by atoms with Gasteiger partial charge in [0.25, 0.3) is 0 Å². The molecule has 0 saturated heterocycles. The molecule has 2 rings (SSSR count). The van der Waals surface area contributed by atoms with E-state index < -0.39 is 6.09 Å². The van der Waals surface area contributed by atoms with Gasteiger partial charge in [0.2, 0.25) is 0 Å². The number of nitrogens with one attached hydrogen (secondary N) is 1. The quantitative estimate of drug-likeness (QED) is 0.769. The number of carbonyl (C=O) groups is 1. The van der Waals surface area contributed by atoms with Gasteiger partial charge in [0.1, 0.15) is 5.75 Å². The van der Waals surface area contributed by atoms with Gasteiger partial charge in [-0.25, -0.2) is 4.79 Å². The average Bonchev–Trinajstić information content (AvgIpc) is 3.03. The Kier molecular flexibility index (Phi) is 3.19. The summed E-state index contributed by atoms with van der Waals surface area (Å²) in [4.78, 5) is 16.1. The zero-order chi connectivity index (χ0) is 10.5. The monoisotopic (exact) mass is 207 g/mol. The summed E-state index contributed by atoms with van der Waals surface area (Å²) in [5, 5.41) is 0. The zero-order valence-electron chi connectivity index (χ0n) is 8.31. The molecule has 4 heteroatoms. The van der Waals surface area contributed by atoms with Crippen molar-refractivity contribution >= 4 is 6.09 Å². The van der Waals surface area contributed by atoms with Crippen molar-refractivity contribution in [2.45, 2.75) is 12.8 Å². The molecule has 0 aromatic heterocycles. The molecule has 0 radical (unpaired) electrons. The fraction of sp³-hybridized carbons (Fsp3) is 0.364. The maximum Gasteiger partial charge on any atom is 0.436 e. The molecule has 1 fully saturated rings. The summed E-state index contributed by atoms with van der Waals surface area (Å²) >= 11 is 0. The number of ether oxygens (including phenoxy) is 1. The Bertz CT molecular complexity index is 322. The maximum absolute atomic E-state index is 11.2. The van der Waals surface area contributed by atoms with Gasteiger partial charge in [0.15, 0.2) is 0 Å². The second kappa shape index (κ2) is 4.79. The van der Waals surface area contributed by atoms with Crippen LogP contribution >= 0.6 is 0 Å². The van der Waals surface area contributed by atoms with Crippen molar-refractivity contribution in [2.75, 3.05) is 6.61 Å². The highest BCUT2D eigenvalue weighted by Gasteiger charge is 2.21. The molecule has 0 bridgehead atoms. The van der Waals surface area contributed by atoms with Crippen LogP contribution < -0.4 is 10.2 Å². The molecule has 0 heterocycles. The van der Waals surface area contributed by atoms with Crippen molar-refractivity contribution in [3.05, 3.63) is 30.3 Å². The average molecular weight is 207 g/mol. The van der Waals surface area contributed by atoms with Crippen LogP contribution in [0.15, 0.2) is 30.3 Å². The predicted molar refractivity (Wildman–Crippen MR) is 54.3 cm³/mol. The van der Waals surface area contributed by atoms with E-state index in [1.165, 1.54) is 12.8 Å². The smallest absolute Gasteiger partial charge is 0.409 e. The fourth-order valence-corrected chi connectivity index (χ4v) is 1.12. The standard InChI is InChI=1S/C11H13NO3/c13-11(12-14-8-9-6-7-9)15-10-4-2-1-3-5-10/h1-5,9H,6-8H2,(H,12,13). The molecule has 1 saturated carbocycles. The summed E-state index contributed by atoms with van der Waals surface area (Å²) in [6.45, 7) is 0.573. The highest BCUT2D eigenvalue weighted by molar-refractivity contribution is 5.68. The third-order valence-electron chi connectivity index (χ3n) is 2.13. The Morgan fingerprint density at radius 2 is 2.07 bits per heavy atom. The minimum absolute atomic E-state index is 0.505. The third-order valence-corrected chi connectivity index (χ3v) is 2.13. The highest BCUT2D eigenvalue weighted by Crippen LogP contribution is 2.28. The first-order valence-corrected chi connectivity index (χ1v) is 4.99. The van der Waals surface area contributed by atoms with Crippen LogP contribution in [0.5, 0.6) is 5.75 Å². The molecule has 1 aromatic rings. The van der Waals surface area contributed by atoms with E-state index in [2.05, 4.69) is 5.48 Å². The lowest BCUT2D eigenvalue weighted by Gasteiger charge is -2.05. The Hall–Kier alpha value is -1.55. The van der Waals surface area contributed by atoms with Crippen LogP contribution in [0, 0.1) is 5.92 Å². The van der Waals surface area contributed by atoms with Gasteiger partial charge < -0.3 is 4.74 Å². The molecule has 0 spiro atoms. The van der Waals surface area contributed by atoms with Gasteiger partial charge in [-0.2, -0.15) is 5.48 Å². The first kappa shape index (κ1) is 9.98. The van der Waals surface area contributed by atoms with Crippen LogP contribution in [0.4, 0.5) is 4.79 Å². The molecule has 0 atom stereocenters. The van der Waals surface area contributed by atoms with E-state index in [9.17, 15) is 4.79 Å². The van der Waals surface area contributed by atoms with E-state index in [0.717, 1.165) is 0 Å². The SMILES string of the molecule is O=C(NOCC1CC1)Oc1ccccc1. The molecule has 0 unspecified atom stereocenters. The van der Waals surface area contributed by atoms with Gasteiger partial charge in [0, 0.05) is 0 Å². The second-order valence-electron chi connectivity index (χ2n) is 3.56. The molecule has 1 aliphatic carbocycles. The molecule has 1 aromatic carbocycles. The summed E-state index contributed by atoms with van der Waals surface area (Å²) in [5.41, 5.74) is 2.24. The predicted octanol–water partition coefficient (Wildman–Crippen LogP) is 2.12. The molecule has 0 aliphatic heterocycles. The minimum atomic E-state index is -0.582. The van der Waals surface area contributed by atoms with E-state index in [1.807, 2.05) is 6.07 Å². The molecule has 1 aliphatic rings. The Morgan fingerprint density at radius 3 is 2.73 bits per heavy atom. The second-order valence-corrected chi connectivity index (χ2v) is 3.56. The van der Waals surface area contributed by atoms with Crippen LogP contribution in [0.25, 0.3) is 0 Å². The molecule has 1 N–H and O–H groups in total. The van der Waals surface area contributed by atoms with E-state index in [-0.39, 0.29) is 0 Å². The van der Waals surface area contributed by atoms with Crippen molar-refractivity contribution in [2.24, 2.45) is 5.92 Å². The number of hydrogen-bond donors (Lipinski definition) is 1. The molecule has 15 heavy (non-hydrogen) atoms. The largest absolute Gasteiger partial charge is 0.436 e. The fourth-order valence-electron chi connectivity index (χ4n) is 1.12. The van der Waals surface area contributed by atoms with Gasteiger partial charge in [-0.1, -0.05) is 18.2 Å². The first-order chi connectivity index (χ1) is 7.34. The first-order valence-electron chi connectivity index (χ1n) is 4.99. The molecule has 80 valence electrons. The number of hydrogen-bond acceptors (Lipinski definition) is 3. The Labute approximate surface area is 88.1 Å². The summed E-state index contributed by atoms with van der Waals surface area (Å²) in [6.07, 6.45) is 1.80. The number of para-hydroxylation sites is 1. The van der Waals surface area contributed by atoms with Crippen molar-refractivity contribution in [1.82, 2.24) is 5.48 Å². The van der Waals surface area contributed by atoms with Gasteiger partial charge in [-0.15, -0.1) is 0 Å². The van der Waals surface area contributed by atoms with Crippen LogP contribution in [0.1, 0.15) is 12.8 Å². The molecular formula is C11H13NO3. The molecular weight excluding hydrogens is 194 g/mol. The normalized spacial score (nSPS) is 14.7. The van der Waals surface area contributed by atoms with E-state index in [1.54, 1.807) is 24.3 Å². The number of hydroxylamine groups is 1. The number of carbonyl (C=O) groups excluding carboxylic acids is 1. The summed E-state index contributed by atoms with van der Waals surface area (Å²) in [7, 11) is 0. The van der Waals surface area contributed by atoms with Gasteiger partial charge in [0.05, 0.1) is 6.61 Å². The topological polar surface area (TPSA) is 47.6 Å². The highest BCUT2D eigenvalue weighted by atomic mass is 16.7. The number of benzene rings is 1. The summed E-state index contributed by atoms with van der Waals surface area (Å²) in [6, 6.07) is 8.87. The van der Waals surface area contributed by atoms with Gasteiger partial charge in [-0.05, 0) is 30.9 Å². The van der Waals surface area contributed by atoms with Crippen LogP contribution in [-0.2, 0) is 4.84 Å². The van der Waals surface area contributed by atoms with Crippen LogP contribution in [0.2, 0.25) is 0 Å². The van der Waals surface area contributed by atoms with E-state index in [0.29, 0.717) is 18.3 Å². The van der Waals surface area contributed by atoms with Crippen LogP contribution in [0.3, 0.4) is 0 Å². The van der Waals surface area contributed by atoms with Crippen molar-refractivity contribution in [3.8, 4) is 5.75 Å². The summed E-state index contributed by atoms with van der Waals surface area (Å²) < 4.78 is 4.94. The summed E-state index contributed by atoms with van der Waals surface area (Å²) in [5.74, 6) is 1.12. The van der Waals surface area contributed by atoms with E-state index in [4.69, 9.17) is 9.57 Å². The lowest BCUT2D eigenvalue weighted by atomic mass is 10.3. The third kappa shape index (κ3) is 3.59. The Balaban J connectivity index is 1.67. The van der Waals surface area contributed by atoms with Crippen molar-refractivity contribution in [1.29, 1.82) is 0 Å². The number of amides is 1. The lowest BCUT2D eigenvalue weighted by Crippen LogP contribution is -2.27. The van der Waals surface area contributed by atoms with Crippen LogP contribution in [-0.4, -0.2) is 12.7 Å². The maximum atomic E-state index is 11.2. The number of rotatable bonds is 4. The Morgan fingerprint density at radius 1 is 1.33 bits per heavy atom. The molecule has 1 amide bonds. The minimum Gasteiger partial charge on any atom is -0.409 e. The lowest BCUT2D eigenvalue weighted by molar-refractivity contribution is 0.0392. The zero-order valence-corrected chi connectivity index (χ0v) is 8.31. The van der Waals surface area contributed by atoms with Crippen molar-refractivity contribution in [3.63, 3.8) is 0 Å².